The second kappa shape index (κ2) is 8.59. The number of rotatable bonds is 7. The minimum absolute atomic E-state index is 0.0421. The molecule has 1 saturated heterocycles. The van der Waals surface area contributed by atoms with Gasteiger partial charge in [-0.3, -0.25) is 4.79 Å². The normalized spacial score (nSPS) is 16.9. The summed E-state index contributed by atoms with van der Waals surface area (Å²) in [4.78, 5) is 15.7. The van der Waals surface area contributed by atoms with E-state index >= 15 is 0 Å². The van der Waals surface area contributed by atoms with Crippen LogP contribution in [0.3, 0.4) is 0 Å². The Morgan fingerprint density at radius 3 is 2.67 bits per heavy atom. The van der Waals surface area contributed by atoms with Crippen molar-refractivity contribution in [1.82, 2.24) is 9.29 Å². The van der Waals surface area contributed by atoms with E-state index in [0.717, 1.165) is 18.2 Å². The van der Waals surface area contributed by atoms with Crippen LogP contribution in [-0.4, -0.2) is 44.1 Å². The molecule has 0 amide bonds. The first-order valence-corrected chi connectivity index (χ1v) is 11.3. The minimum Gasteiger partial charge on any atom is -0.497 e. The molecular formula is C22H24N2O5S. The molecule has 0 bridgehead atoms. The number of aromatic amines is 1. The van der Waals surface area contributed by atoms with Crippen molar-refractivity contribution in [3.05, 3.63) is 70.5 Å². The highest BCUT2D eigenvalue weighted by Gasteiger charge is 2.29. The van der Waals surface area contributed by atoms with E-state index in [4.69, 9.17) is 9.47 Å². The second-order valence-corrected chi connectivity index (χ2v) is 9.26. The number of benzene rings is 2. The molecule has 7 nitrogen and oxygen atoms in total. The van der Waals surface area contributed by atoms with Crippen LogP contribution in [-0.2, 0) is 21.3 Å². The van der Waals surface area contributed by atoms with Crippen molar-refractivity contribution in [3.8, 4) is 5.75 Å². The lowest BCUT2D eigenvalue weighted by Crippen LogP contribution is -2.38. The zero-order chi connectivity index (χ0) is 21.1. The van der Waals surface area contributed by atoms with Crippen molar-refractivity contribution in [1.29, 1.82) is 0 Å². The summed E-state index contributed by atoms with van der Waals surface area (Å²) in [5, 5.41) is 0.776. The summed E-state index contributed by atoms with van der Waals surface area (Å²) in [6, 6.07) is 15.3. The number of hydrogen-bond acceptors (Lipinski definition) is 5. The number of aromatic nitrogens is 1. The Labute approximate surface area is 175 Å². The van der Waals surface area contributed by atoms with Crippen LogP contribution in [0.2, 0.25) is 0 Å². The Morgan fingerprint density at radius 2 is 1.97 bits per heavy atom. The van der Waals surface area contributed by atoms with Crippen LogP contribution in [0.15, 0.2) is 64.3 Å². The van der Waals surface area contributed by atoms with Gasteiger partial charge >= 0.3 is 0 Å². The Bertz CT molecular complexity index is 1190. The lowest BCUT2D eigenvalue weighted by atomic mass is 10.1. The standard InChI is InChI=1S/C22H24N2O5S/c1-28-18-9-10-21-16(13-18)12-17(22(25)23-21)14-24(15-19-6-5-11-29-19)30(26,27)20-7-3-2-4-8-20/h2-4,7-10,12-13,19H,5-6,11,14-15H2,1H3,(H,23,25)/t19-/m1/s1. The third kappa shape index (κ3) is 4.26. The van der Waals surface area contributed by atoms with E-state index in [1.54, 1.807) is 55.6 Å². The van der Waals surface area contributed by atoms with Crippen LogP contribution >= 0.6 is 0 Å². The van der Waals surface area contributed by atoms with Gasteiger partial charge in [0.1, 0.15) is 5.75 Å². The molecule has 1 N–H and O–H groups in total. The first kappa shape index (κ1) is 20.6. The van der Waals surface area contributed by atoms with Gasteiger partial charge in [0.15, 0.2) is 0 Å². The van der Waals surface area contributed by atoms with Crippen molar-refractivity contribution >= 4 is 20.9 Å². The second-order valence-electron chi connectivity index (χ2n) is 7.32. The van der Waals surface area contributed by atoms with E-state index in [0.29, 0.717) is 23.4 Å². The molecule has 1 atom stereocenters. The quantitative estimate of drug-likeness (QED) is 0.625. The van der Waals surface area contributed by atoms with E-state index in [-0.39, 0.29) is 29.6 Å². The lowest BCUT2D eigenvalue weighted by molar-refractivity contribution is 0.0925. The molecule has 0 radical (unpaired) electrons. The maximum absolute atomic E-state index is 13.3. The molecule has 30 heavy (non-hydrogen) atoms. The van der Waals surface area contributed by atoms with E-state index < -0.39 is 10.0 Å². The molecule has 158 valence electrons. The van der Waals surface area contributed by atoms with Crippen LogP contribution in [0.4, 0.5) is 0 Å². The molecule has 0 aliphatic carbocycles. The molecule has 2 aromatic carbocycles. The molecule has 4 rings (SSSR count). The maximum Gasteiger partial charge on any atom is 0.252 e. The van der Waals surface area contributed by atoms with E-state index in [2.05, 4.69) is 4.98 Å². The summed E-state index contributed by atoms with van der Waals surface area (Å²) < 4.78 is 39.0. The van der Waals surface area contributed by atoms with Gasteiger partial charge in [-0.1, -0.05) is 18.2 Å². The number of sulfonamides is 1. The Balaban J connectivity index is 1.72. The molecule has 3 aromatic rings. The van der Waals surface area contributed by atoms with Gasteiger partial charge in [0.05, 0.1) is 18.1 Å². The fourth-order valence-corrected chi connectivity index (χ4v) is 5.14. The highest BCUT2D eigenvalue weighted by atomic mass is 32.2. The van der Waals surface area contributed by atoms with E-state index in [9.17, 15) is 13.2 Å². The van der Waals surface area contributed by atoms with Crippen LogP contribution < -0.4 is 10.3 Å². The molecule has 0 spiro atoms. The molecule has 1 aliphatic rings. The largest absolute Gasteiger partial charge is 0.497 e. The zero-order valence-electron chi connectivity index (χ0n) is 16.7. The van der Waals surface area contributed by atoms with Crippen LogP contribution in [0.5, 0.6) is 5.75 Å². The Morgan fingerprint density at radius 1 is 1.17 bits per heavy atom. The summed E-state index contributed by atoms with van der Waals surface area (Å²) in [6.45, 7) is 0.784. The zero-order valence-corrected chi connectivity index (χ0v) is 17.5. The van der Waals surface area contributed by atoms with Gasteiger partial charge in [0, 0.05) is 36.2 Å². The van der Waals surface area contributed by atoms with Crippen molar-refractivity contribution in [2.24, 2.45) is 0 Å². The van der Waals surface area contributed by atoms with Gasteiger partial charge in [-0.2, -0.15) is 4.31 Å². The third-order valence-corrected chi connectivity index (χ3v) is 7.11. The Kier molecular flexibility index (Phi) is 5.90. The highest BCUT2D eigenvalue weighted by Crippen LogP contribution is 2.23. The fourth-order valence-electron chi connectivity index (χ4n) is 3.67. The van der Waals surface area contributed by atoms with Crippen molar-refractivity contribution in [2.45, 2.75) is 30.4 Å². The summed E-state index contributed by atoms with van der Waals surface area (Å²) >= 11 is 0. The molecule has 0 unspecified atom stereocenters. The van der Waals surface area contributed by atoms with Crippen LogP contribution in [0, 0.1) is 0 Å². The summed E-state index contributed by atoms with van der Waals surface area (Å²) in [7, 11) is -2.22. The molecule has 1 fully saturated rings. The molecule has 1 aromatic heterocycles. The number of fused-ring (bicyclic) bond motifs is 1. The summed E-state index contributed by atoms with van der Waals surface area (Å²) in [6.07, 6.45) is 1.52. The van der Waals surface area contributed by atoms with Crippen LogP contribution in [0.25, 0.3) is 10.9 Å². The predicted octanol–water partition coefficient (Wildman–Crippen LogP) is 2.91. The number of pyridine rings is 1. The highest BCUT2D eigenvalue weighted by molar-refractivity contribution is 7.89. The van der Waals surface area contributed by atoms with Gasteiger partial charge < -0.3 is 14.5 Å². The predicted molar refractivity (Wildman–Crippen MR) is 114 cm³/mol. The first-order valence-electron chi connectivity index (χ1n) is 9.84. The fraction of sp³-hybridized carbons (Fsp3) is 0.318. The maximum atomic E-state index is 13.3. The monoisotopic (exact) mass is 428 g/mol. The van der Waals surface area contributed by atoms with E-state index in [1.165, 1.54) is 4.31 Å². The smallest absolute Gasteiger partial charge is 0.252 e. The number of ether oxygens (including phenoxy) is 2. The number of nitrogens with one attached hydrogen (secondary N) is 1. The number of H-pyrrole nitrogens is 1. The van der Waals surface area contributed by atoms with Crippen molar-refractivity contribution < 1.29 is 17.9 Å². The molecule has 1 aliphatic heterocycles. The average molecular weight is 429 g/mol. The van der Waals surface area contributed by atoms with Gasteiger partial charge in [0.25, 0.3) is 5.56 Å². The van der Waals surface area contributed by atoms with Gasteiger partial charge in [-0.15, -0.1) is 0 Å². The number of nitrogens with zero attached hydrogens (tertiary/aromatic N) is 1. The summed E-state index contributed by atoms with van der Waals surface area (Å²) in [5.74, 6) is 0.661. The van der Waals surface area contributed by atoms with Crippen LogP contribution in [0.1, 0.15) is 18.4 Å². The van der Waals surface area contributed by atoms with Crippen molar-refractivity contribution in [3.63, 3.8) is 0 Å². The average Bonchev–Trinajstić information content (AvgIpc) is 3.27. The van der Waals surface area contributed by atoms with E-state index in [1.807, 2.05) is 6.07 Å². The summed E-state index contributed by atoms with van der Waals surface area (Å²) in [5.41, 5.74) is 0.725. The van der Waals surface area contributed by atoms with Gasteiger partial charge in [0.2, 0.25) is 10.0 Å². The number of methoxy groups -OCH3 is 1. The van der Waals surface area contributed by atoms with Crippen molar-refractivity contribution in [2.75, 3.05) is 20.3 Å². The topological polar surface area (TPSA) is 88.7 Å². The lowest BCUT2D eigenvalue weighted by Gasteiger charge is -2.25. The van der Waals surface area contributed by atoms with Gasteiger partial charge in [-0.05, 0) is 49.2 Å². The number of hydrogen-bond donors (Lipinski definition) is 1. The Hall–Kier alpha value is -2.68. The molecular weight excluding hydrogens is 404 g/mol. The first-order chi connectivity index (χ1) is 14.5. The SMILES string of the molecule is COc1ccc2[nH]c(=O)c(CN(C[C@H]3CCCO3)S(=O)(=O)c3ccccc3)cc2c1. The van der Waals surface area contributed by atoms with Gasteiger partial charge in [-0.25, -0.2) is 8.42 Å². The molecule has 0 saturated carbocycles. The minimum atomic E-state index is -3.79. The third-order valence-electron chi connectivity index (χ3n) is 5.29. The molecule has 2 heterocycles. The molecule has 8 heteroatoms.